The first-order valence-electron chi connectivity index (χ1n) is 4.57. The molecule has 1 heterocycles. The van der Waals surface area contributed by atoms with Gasteiger partial charge in [-0.3, -0.25) is 0 Å². The Morgan fingerprint density at radius 1 is 1.44 bits per heavy atom. The van der Waals surface area contributed by atoms with Crippen molar-refractivity contribution in [2.45, 2.75) is 6.61 Å². The van der Waals surface area contributed by atoms with E-state index in [1.165, 1.54) is 13.2 Å². The average molecular weight is 285 g/mol. The number of benzene rings is 1. The second kappa shape index (κ2) is 4.27. The fraction of sp³-hybridized carbons (Fsp3) is 0.182. The van der Waals surface area contributed by atoms with Crippen molar-refractivity contribution in [3.8, 4) is 5.75 Å². The van der Waals surface area contributed by atoms with E-state index in [4.69, 9.17) is 14.3 Å². The van der Waals surface area contributed by atoms with Crippen molar-refractivity contribution in [1.29, 1.82) is 0 Å². The van der Waals surface area contributed by atoms with Crippen LogP contribution in [0.15, 0.2) is 31.9 Å². The Kier molecular flexibility index (Phi) is 2.98. The van der Waals surface area contributed by atoms with Gasteiger partial charge in [0.1, 0.15) is 11.3 Å². The number of ether oxygens (including phenoxy) is 1. The molecule has 2 rings (SSSR count). The van der Waals surface area contributed by atoms with Gasteiger partial charge in [0.25, 0.3) is 0 Å². The number of aliphatic hydroxyl groups is 1. The molecular formula is C11H9BrO4. The van der Waals surface area contributed by atoms with Crippen LogP contribution in [-0.2, 0) is 6.61 Å². The standard InChI is InChI=1S/C11H9BrO4/c1-15-10-4-9-7(3-8(10)12)6(5-13)2-11(14)16-9/h2-4,13H,5H2,1H3. The number of aliphatic hydroxyl groups excluding tert-OH is 1. The second-order valence-electron chi connectivity index (χ2n) is 3.23. The molecular weight excluding hydrogens is 276 g/mol. The second-order valence-corrected chi connectivity index (χ2v) is 4.09. The molecule has 0 fully saturated rings. The van der Waals surface area contributed by atoms with Gasteiger partial charge in [0.05, 0.1) is 18.2 Å². The van der Waals surface area contributed by atoms with E-state index in [-0.39, 0.29) is 6.61 Å². The molecule has 0 spiro atoms. The van der Waals surface area contributed by atoms with E-state index in [1.807, 2.05) is 0 Å². The zero-order valence-corrected chi connectivity index (χ0v) is 10.1. The Morgan fingerprint density at radius 2 is 2.19 bits per heavy atom. The van der Waals surface area contributed by atoms with Crippen LogP contribution < -0.4 is 10.4 Å². The molecule has 16 heavy (non-hydrogen) atoms. The Morgan fingerprint density at radius 3 is 2.81 bits per heavy atom. The number of hydrogen-bond donors (Lipinski definition) is 1. The Hall–Kier alpha value is -1.33. The first-order chi connectivity index (χ1) is 7.65. The fourth-order valence-electron chi connectivity index (χ4n) is 1.52. The summed E-state index contributed by atoms with van der Waals surface area (Å²) in [6, 6.07) is 4.64. The van der Waals surface area contributed by atoms with Crippen LogP contribution in [0.1, 0.15) is 5.56 Å². The van der Waals surface area contributed by atoms with E-state index in [1.54, 1.807) is 12.1 Å². The molecule has 0 saturated heterocycles. The summed E-state index contributed by atoms with van der Waals surface area (Å²) in [6.45, 7) is -0.207. The first kappa shape index (κ1) is 11.2. The highest BCUT2D eigenvalue weighted by molar-refractivity contribution is 9.10. The molecule has 0 saturated carbocycles. The molecule has 2 aromatic rings. The average Bonchev–Trinajstić information content (AvgIpc) is 2.28. The lowest BCUT2D eigenvalue weighted by Crippen LogP contribution is -2.01. The lowest BCUT2D eigenvalue weighted by atomic mass is 10.1. The molecule has 84 valence electrons. The van der Waals surface area contributed by atoms with Crippen molar-refractivity contribution < 1.29 is 14.3 Å². The molecule has 0 amide bonds. The normalized spacial score (nSPS) is 10.7. The fourth-order valence-corrected chi connectivity index (χ4v) is 2.02. The van der Waals surface area contributed by atoms with E-state index >= 15 is 0 Å². The SMILES string of the molecule is COc1cc2oc(=O)cc(CO)c2cc1Br. The van der Waals surface area contributed by atoms with Gasteiger partial charge in [-0.15, -0.1) is 0 Å². The highest BCUT2D eigenvalue weighted by atomic mass is 79.9. The van der Waals surface area contributed by atoms with E-state index < -0.39 is 5.63 Å². The monoisotopic (exact) mass is 284 g/mol. The van der Waals surface area contributed by atoms with Crippen LogP contribution in [0.4, 0.5) is 0 Å². The van der Waals surface area contributed by atoms with Crippen LogP contribution in [0, 0.1) is 0 Å². The van der Waals surface area contributed by atoms with Crippen LogP contribution in [0.25, 0.3) is 11.0 Å². The number of hydrogen-bond acceptors (Lipinski definition) is 4. The molecule has 0 bridgehead atoms. The summed E-state index contributed by atoms with van der Waals surface area (Å²) in [5, 5.41) is 9.84. The molecule has 0 aliphatic carbocycles. The van der Waals surface area contributed by atoms with Crippen LogP contribution in [0.5, 0.6) is 5.75 Å². The number of halogens is 1. The highest BCUT2D eigenvalue weighted by Gasteiger charge is 2.09. The van der Waals surface area contributed by atoms with Gasteiger partial charge in [0.15, 0.2) is 0 Å². The van der Waals surface area contributed by atoms with Gasteiger partial charge in [-0.05, 0) is 27.6 Å². The van der Waals surface area contributed by atoms with Gasteiger partial charge < -0.3 is 14.3 Å². The van der Waals surface area contributed by atoms with E-state index in [9.17, 15) is 4.79 Å². The zero-order valence-electron chi connectivity index (χ0n) is 8.49. The highest BCUT2D eigenvalue weighted by Crippen LogP contribution is 2.31. The lowest BCUT2D eigenvalue weighted by Gasteiger charge is -2.06. The summed E-state index contributed by atoms with van der Waals surface area (Å²) < 4.78 is 10.9. The lowest BCUT2D eigenvalue weighted by molar-refractivity contribution is 0.282. The Labute approximate surface area is 99.6 Å². The minimum atomic E-state index is -0.485. The predicted octanol–water partition coefficient (Wildman–Crippen LogP) is 2.06. The molecule has 0 atom stereocenters. The summed E-state index contributed by atoms with van der Waals surface area (Å²) in [5.41, 5.74) is 0.451. The zero-order chi connectivity index (χ0) is 11.7. The van der Waals surface area contributed by atoms with Crippen molar-refractivity contribution >= 4 is 26.9 Å². The van der Waals surface area contributed by atoms with E-state index in [0.29, 0.717) is 22.3 Å². The molecule has 5 heteroatoms. The molecule has 0 aliphatic heterocycles. The Balaban J connectivity index is 2.84. The summed E-state index contributed by atoms with van der Waals surface area (Å²) in [7, 11) is 1.53. The minimum absolute atomic E-state index is 0.207. The third-order valence-corrected chi connectivity index (χ3v) is 2.89. The van der Waals surface area contributed by atoms with Crippen LogP contribution >= 0.6 is 15.9 Å². The maximum Gasteiger partial charge on any atom is 0.336 e. The predicted molar refractivity (Wildman–Crippen MR) is 62.7 cm³/mol. The van der Waals surface area contributed by atoms with Crippen molar-refractivity contribution in [2.24, 2.45) is 0 Å². The molecule has 1 aromatic heterocycles. The van der Waals surface area contributed by atoms with Gasteiger partial charge in [-0.1, -0.05) is 0 Å². The van der Waals surface area contributed by atoms with Crippen LogP contribution in [0.2, 0.25) is 0 Å². The summed E-state index contributed by atoms with van der Waals surface area (Å²) in [5.74, 6) is 0.575. The summed E-state index contributed by atoms with van der Waals surface area (Å²) in [4.78, 5) is 11.2. The van der Waals surface area contributed by atoms with Gasteiger partial charge >= 0.3 is 5.63 Å². The quantitative estimate of drug-likeness (QED) is 0.858. The number of fused-ring (bicyclic) bond motifs is 1. The Bertz CT molecular complexity index is 588. The molecule has 0 radical (unpaired) electrons. The molecule has 0 unspecified atom stereocenters. The smallest absolute Gasteiger partial charge is 0.336 e. The maximum atomic E-state index is 11.2. The summed E-state index contributed by atoms with van der Waals surface area (Å²) >= 11 is 3.33. The van der Waals surface area contributed by atoms with Crippen molar-refractivity contribution in [3.63, 3.8) is 0 Å². The van der Waals surface area contributed by atoms with Crippen LogP contribution in [0.3, 0.4) is 0 Å². The van der Waals surface area contributed by atoms with Crippen LogP contribution in [-0.4, -0.2) is 12.2 Å². The third kappa shape index (κ3) is 1.83. The minimum Gasteiger partial charge on any atom is -0.495 e. The molecule has 1 N–H and O–H groups in total. The van der Waals surface area contributed by atoms with Gasteiger partial charge in [-0.2, -0.15) is 0 Å². The number of methoxy groups -OCH3 is 1. The maximum absolute atomic E-state index is 11.2. The van der Waals surface area contributed by atoms with Crippen molar-refractivity contribution in [1.82, 2.24) is 0 Å². The third-order valence-electron chi connectivity index (χ3n) is 2.27. The van der Waals surface area contributed by atoms with E-state index in [0.717, 1.165) is 4.47 Å². The van der Waals surface area contributed by atoms with Crippen molar-refractivity contribution in [3.05, 3.63) is 38.7 Å². The largest absolute Gasteiger partial charge is 0.495 e. The topological polar surface area (TPSA) is 59.7 Å². The summed E-state index contributed by atoms with van der Waals surface area (Å²) in [6.07, 6.45) is 0. The van der Waals surface area contributed by atoms with E-state index in [2.05, 4.69) is 15.9 Å². The molecule has 0 aliphatic rings. The number of rotatable bonds is 2. The van der Waals surface area contributed by atoms with Crippen molar-refractivity contribution in [2.75, 3.05) is 7.11 Å². The molecule has 1 aromatic carbocycles. The van der Waals surface area contributed by atoms with Gasteiger partial charge in [0, 0.05) is 17.5 Å². The molecule has 4 nitrogen and oxygen atoms in total. The van der Waals surface area contributed by atoms with Gasteiger partial charge in [0.2, 0.25) is 0 Å². The first-order valence-corrected chi connectivity index (χ1v) is 5.36. The van der Waals surface area contributed by atoms with Gasteiger partial charge in [-0.25, -0.2) is 4.79 Å².